The van der Waals surface area contributed by atoms with Gasteiger partial charge in [-0.05, 0) is 49.1 Å². The highest BCUT2D eigenvalue weighted by atomic mass is 19.1. The number of aromatic nitrogens is 2. The van der Waals surface area contributed by atoms with E-state index in [-0.39, 0.29) is 30.6 Å². The SMILES string of the molecule is Cc1cc(CN2CCC(O)CC2)ccc1C(=O)Cn1ccc(OCc2ccc(F)cn2)cc1=O. The van der Waals surface area contributed by atoms with Gasteiger partial charge in [0.1, 0.15) is 18.2 Å². The van der Waals surface area contributed by atoms with E-state index in [9.17, 15) is 19.1 Å². The molecule has 8 heteroatoms. The number of ether oxygens (including phenoxy) is 1. The number of aliphatic hydroxyl groups excluding tert-OH is 1. The fourth-order valence-corrected chi connectivity index (χ4v) is 4.07. The molecule has 1 saturated heterocycles. The quantitative estimate of drug-likeness (QED) is 0.515. The number of aryl methyl sites for hydroxylation is 1. The average molecular weight is 466 g/mol. The van der Waals surface area contributed by atoms with E-state index in [0.717, 1.165) is 49.8 Å². The number of benzene rings is 1. The van der Waals surface area contributed by atoms with Crippen molar-refractivity contribution in [3.8, 4) is 5.75 Å². The number of likely N-dealkylation sites (tertiary alicyclic amines) is 1. The fraction of sp³-hybridized carbons (Fsp3) is 0.346. The highest BCUT2D eigenvalue weighted by Gasteiger charge is 2.18. The first-order valence-corrected chi connectivity index (χ1v) is 11.3. The summed E-state index contributed by atoms with van der Waals surface area (Å²) in [6.45, 7) is 4.46. The lowest BCUT2D eigenvalue weighted by Gasteiger charge is -2.29. The Kier molecular flexibility index (Phi) is 7.49. The molecule has 0 aliphatic carbocycles. The maximum absolute atomic E-state index is 12.9. The van der Waals surface area contributed by atoms with Crippen molar-refractivity contribution in [3.63, 3.8) is 0 Å². The average Bonchev–Trinajstić information content (AvgIpc) is 2.82. The molecule has 7 nitrogen and oxygen atoms in total. The normalized spacial score (nSPS) is 14.8. The van der Waals surface area contributed by atoms with Crippen LogP contribution in [0.1, 0.15) is 40.0 Å². The first kappa shape index (κ1) is 23.8. The van der Waals surface area contributed by atoms with E-state index in [1.54, 1.807) is 6.07 Å². The van der Waals surface area contributed by atoms with Crippen molar-refractivity contribution in [3.05, 3.63) is 93.4 Å². The molecular formula is C26H28FN3O4. The first-order valence-electron chi connectivity index (χ1n) is 11.3. The molecule has 3 aromatic rings. The van der Waals surface area contributed by atoms with Crippen molar-refractivity contribution in [2.75, 3.05) is 13.1 Å². The summed E-state index contributed by atoms with van der Waals surface area (Å²) in [5.41, 5.74) is 2.78. The summed E-state index contributed by atoms with van der Waals surface area (Å²) >= 11 is 0. The number of hydrogen-bond acceptors (Lipinski definition) is 6. The largest absolute Gasteiger partial charge is 0.487 e. The van der Waals surface area contributed by atoms with Gasteiger partial charge in [-0.3, -0.25) is 19.5 Å². The number of carbonyl (C=O) groups is 1. The Morgan fingerprint density at radius 2 is 1.97 bits per heavy atom. The maximum Gasteiger partial charge on any atom is 0.254 e. The Morgan fingerprint density at radius 3 is 2.65 bits per heavy atom. The van der Waals surface area contributed by atoms with Gasteiger partial charge in [0, 0.05) is 37.5 Å². The Labute approximate surface area is 197 Å². The van der Waals surface area contributed by atoms with Crippen LogP contribution in [-0.2, 0) is 19.7 Å². The van der Waals surface area contributed by atoms with Gasteiger partial charge in [-0.15, -0.1) is 0 Å². The molecule has 0 bridgehead atoms. The summed E-state index contributed by atoms with van der Waals surface area (Å²) in [4.78, 5) is 31.6. The summed E-state index contributed by atoms with van der Waals surface area (Å²) in [5.74, 6) is -0.217. The topological polar surface area (TPSA) is 84.7 Å². The number of pyridine rings is 2. The van der Waals surface area contributed by atoms with Crippen molar-refractivity contribution in [2.24, 2.45) is 0 Å². The van der Waals surface area contributed by atoms with Crippen LogP contribution in [0.2, 0.25) is 0 Å². The zero-order valence-electron chi connectivity index (χ0n) is 19.1. The number of piperidine rings is 1. The molecule has 0 unspecified atom stereocenters. The van der Waals surface area contributed by atoms with Crippen LogP contribution in [0.25, 0.3) is 0 Å². The molecule has 178 valence electrons. The van der Waals surface area contributed by atoms with Crippen LogP contribution in [0.4, 0.5) is 4.39 Å². The summed E-state index contributed by atoms with van der Waals surface area (Å²) < 4.78 is 19.8. The molecule has 2 aromatic heterocycles. The molecule has 3 heterocycles. The van der Waals surface area contributed by atoms with E-state index in [1.807, 2.05) is 25.1 Å². The van der Waals surface area contributed by atoms with Crippen LogP contribution in [0, 0.1) is 12.7 Å². The molecule has 0 spiro atoms. The zero-order chi connectivity index (χ0) is 24.1. The van der Waals surface area contributed by atoms with Crippen LogP contribution in [0.5, 0.6) is 5.75 Å². The van der Waals surface area contributed by atoms with Gasteiger partial charge in [0.05, 0.1) is 24.5 Å². The Balaban J connectivity index is 1.36. The molecule has 1 fully saturated rings. The van der Waals surface area contributed by atoms with Crippen molar-refractivity contribution < 1.29 is 19.0 Å². The van der Waals surface area contributed by atoms with E-state index in [0.29, 0.717) is 17.0 Å². The van der Waals surface area contributed by atoms with Crippen LogP contribution < -0.4 is 10.3 Å². The molecule has 1 aliphatic heterocycles. The number of hydrogen-bond donors (Lipinski definition) is 1. The maximum atomic E-state index is 12.9. The number of carbonyl (C=O) groups excluding carboxylic acids is 1. The summed E-state index contributed by atoms with van der Waals surface area (Å²) in [5, 5.41) is 9.66. The number of Topliss-reactive ketones (excluding diaryl/α,β-unsaturated/α-hetero) is 1. The van der Waals surface area contributed by atoms with Gasteiger partial charge < -0.3 is 14.4 Å². The second kappa shape index (κ2) is 10.7. The third-order valence-electron chi connectivity index (χ3n) is 6.01. The van der Waals surface area contributed by atoms with Gasteiger partial charge in [-0.2, -0.15) is 0 Å². The number of aliphatic hydroxyl groups is 1. The van der Waals surface area contributed by atoms with Crippen LogP contribution in [0.3, 0.4) is 0 Å². The lowest BCUT2D eigenvalue weighted by molar-refractivity contribution is 0.0792. The van der Waals surface area contributed by atoms with E-state index in [4.69, 9.17) is 4.74 Å². The molecule has 0 atom stereocenters. The van der Waals surface area contributed by atoms with Crippen LogP contribution in [0.15, 0.2) is 59.7 Å². The molecule has 1 aliphatic rings. The lowest BCUT2D eigenvalue weighted by Crippen LogP contribution is -2.35. The van der Waals surface area contributed by atoms with E-state index < -0.39 is 5.82 Å². The zero-order valence-corrected chi connectivity index (χ0v) is 19.1. The molecular weight excluding hydrogens is 437 g/mol. The number of halogens is 1. The summed E-state index contributed by atoms with van der Waals surface area (Å²) in [7, 11) is 0. The van der Waals surface area contributed by atoms with E-state index >= 15 is 0 Å². The van der Waals surface area contributed by atoms with Gasteiger partial charge in [0.15, 0.2) is 5.78 Å². The molecule has 0 radical (unpaired) electrons. The van der Waals surface area contributed by atoms with Gasteiger partial charge in [0.25, 0.3) is 5.56 Å². The molecule has 0 saturated carbocycles. The predicted molar refractivity (Wildman–Crippen MR) is 125 cm³/mol. The molecule has 1 aromatic carbocycles. The van der Waals surface area contributed by atoms with E-state index in [2.05, 4.69) is 9.88 Å². The minimum Gasteiger partial charge on any atom is -0.487 e. The Hall–Kier alpha value is -3.36. The standard InChI is InChI=1S/C26H28FN3O4/c1-18-12-19(15-29-9-6-22(31)7-10-29)2-5-24(18)25(32)16-30-11-8-23(13-26(30)33)34-17-21-4-3-20(27)14-28-21/h2-5,8,11-14,22,31H,6-7,9-10,15-17H2,1H3. The highest BCUT2D eigenvalue weighted by molar-refractivity contribution is 5.97. The van der Waals surface area contributed by atoms with Crippen molar-refractivity contribution >= 4 is 5.78 Å². The second-order valence-corrected chi connectivity index (χ2v) is 8.66. The minimum absolute atomic E-state index is 0.0666. The van der Waals surface area contributed by atoms with Gasteiger partial charge in [0.2, 0.25) is 0 Å². The van der Waals surface area contributed by atoms with E-state index in [1.165, 1.54) is 29.0 Å². The molecule has 0 amide bonds. The lowest BCUT2D eigenvalue weighted by atomic mass is 10.0. The van der Waals surface area contributed by atoms with Gasteiger partial charge in [-0.1, -0.05) is 18.2 Å². The molecule has 34 heavy (non-hydrogen) atoms. The summed E-state index contributed by atoms with van der Waals surface area (Å²) in [6, 6.07) is 11.5. The van der Waals surface area contributed by atoms with Crippen molar-refractivity contribution in [1.82, 2.24) is 14.5 Å². The monoisotopic (exact) mass is 465 g/mol. The van der Waals surface area contributed by atoms with Gasteiger partial charge >= 0.3 is 0 Å². The molecule has 1 N–H and O–H groups in total. The number of rotatable bonds is 8. The minimum atomic E-state index is -0.427. The Morgan fingerprint density at radius 1 is 1.18 bits per heavy atom. The Bertz CT molecular complexity index is 1200. The van der Waals surface area contributed by atoms with Gasteiger partial charge in [-0.25, -0.2) is 4.39 Å². The predicted octanol–water partition coefficient (Wildman–Crippen LogP) is 3.11. The smallest absolute Gasteiger partial charge is 0.254 e. The third-order valence-corrected chi connectivity index (χ3v) is 6.01. The van der Waals surface area contributed by atoms with Crippen LogP contribution in [-0.4, -0.2) is 44.5 Å². The third kappa shape index (κ3) is 6.15. The van der Waals surface area contributed by atoms with Crippen LogP contribution >= 0.6 is 0 Å². The fourth-order valence-electron chi connectivity index (χ4n) is 4.07. The second-order valence-electron chi connectivity index (χ2n) is 8.66. The first-order chi connectivity index (χ1) is 16.4. The van der Waals surface area contributed by atoms with Crippen molar-refractivity contribution in [1.29, 1.82) is 0 Å². The molecule has 4 rings (SSSR count). The number of ketones is 1. The summed E-state index contributed by atoms with van der Waals surface area (Å²) in [6.07, 6.45) is 4.01. The van der Waals surface area contributed by atoms with Crippen molar-refractivity contribution in [2.45, 2.75) is 45.6 Å². The highest BCUT2D eigenvalue weighted by Crippen LogP contribution is 2.18. The number of nitrogens with zero attached hydrogens (tertiary/aromatic N) is 3.